The molecule has 0 amide bonds. The first-order valence-corrected chi connectivity index (χ1v) is 6.30. The lowest BCUT2D eigenvalue weighted by molar-refractivity contribution is -0.182. The Morgan fingerprint density at radius 3 is 2.75 bits per heavy atom. The van der Waals surface area contributed by atoms with Crippen LogP contribution in [0.4, 0.5) is 18.9 Å². The zero-order chi connectivity index (χ0) is 14.3. The van der Waals surface area contributed by atoms with Crippen LogP contribution in [0.25, 0.3) is 11.4 Å². The fourth-order valence-corrected chi connectivity index (χ4v) is 2.49. The van der Waals surface area contributed by atoms with Gasteiger partial charge in [-0.1, -0.05) is 12.1 Å². The second-order valence-electron chi connectivity index (χ2n) is 4.95. The summed E-state index contributed by atoms with van der Waals surface area (Å²) < 4.78 is 40.1. The Labute approximate surface area is 113 Å². The number of nitrogens with two attached hydrogens (primary N) is 1. The number of alkyl halides is 3. The fraction of sp³-hybridized carbons (Fsp3) is 0.385. The number of rotatable bonds is 1. The van der Waals surface area contributed by atoms with E-state index in [1.165, 1.54) is 0 Å². The van der Waals surface area contributed by atoms with Crippen LogP contribution in [0.3, 0.4) is 0 Å². The summed E-state index contributed by atoms with van der Waals surface area (Å²) in [6.07, 6.45) is -3.83. The van der Waals surface area contributed by atoms with E-state index in [-0.39, 0.29) is 13.0 Å². The second kappa shape index (κ2) is 4.50. The Kier molecular flexibility index (Phi) is 2.92. The van der Waals surface area contributed by atoms with Gasteiger partial charge < -0.3 is 10.3 Å². The first kappa shape index (κ1) is 13.0. The molecule has 2 heterocycles. The third-order valence-corrected chi connectivity index (χ3v) is 3.55. The molecular formula is C13H13F3N4. The summed E-state index contributed by atoms with van der Waals surface area (Å²) in [7, 11) is 0. The standard InChI is InChI=1S/C13H13F3N4/c14-13(15,16)9-4-5-11-18-19-12(20(11)7-9)8-2-1-3-10(17)6-8/h1-3,6,9H,4-5,7,17H2. The lowest BCUT2D eigenvalue weighted by atomic mass is 9.98. The van der Waals surface area contributed by atoms with Gasteiger partial charge in [-0.15, -0.1) is 10.2 Å². The van der Waals surface area contributed by atoms with E-state index in [0.29, 0.717) is 29.3 Å². The van der Waals surface area contributed by atoms with Gasteiger partial charge in [-0.3, -0.25) is 0 Å². The van der Waals surface area contributed by atoms with Gasteiger partial charge in [-0.25, -0.2) is 0 Å². The molecule has 3 rings (SSSR count). The van der Waals surface area contributed by atoms with E-state index >= 15 is 0 Å². The topological polar surface area (TPSA) is 56.7 Å². The minimum absolute atomic E-state index is 0.0680. The van der Waals surface area contributed by atoms with E-state index in [0.717, 1.165) is 0 Å². The molecule has 2 aromatic rings. The van der Waals surface area contributed by atoms with Crippen molar-refractivity contribution in [2.75, 3.05) is 5.73 Å². The number of hydrogen-bond acceptors (Lipinski definition) is 3. The normalized spacial score (nSPS) is 18.9. The Morgan fingerprint density at radius 2 is 2.05 bits per heavy atom. The van der Waals surface area contributed by atoms with Gasteiger partial charge in [0, 0.05) is 24.2 Å². The average molecular weight is 282 g/mol. The predicted molar refractivity (Wildman–Crippen MR) is 67.7 cm³/mol. The largest absolute Gasteiger partial charge is 0.399 e. The molecule has 1 aliphatic rings. The number of aromatic nitrogens is 3. The van der Waals surface area contributed by atoms with Crippen LogP contribution in [-0.2, 0) is 13.0 Å². The summed E-state index contributed by atoms with van der Waals surface area (Å²) in [6, 6.07) is 6.92. The van der Waals surface area contributed by atoms with Crippen LogP contribution < -0.4 is 5.73 Å². The molecule has 0 spiro atoms. The quantitative estimate of drug-likeness (QED) is 0.818. The molecule has 0 fully saturated rings. The van der Waals surface area contributed by atoms with Gasteiger partial charge in [-0.2, -0.15) is 13.2 Å². The van der Waals surface area contributed by atoms with Crippen LogP contribution in [0.5, 0.6) is 0 Å². The second-order valence-corrected chi connectivity index (χ2v) is 4.95. The lowest BCUT2D eigenvalue weighted by Crippen LogP contribution is -2.32. The molecule has 7 heteroatoms. The van der Waals surface area contributed by atoms with Gasteiger partial charge in [0.15, 0.2) is 5.82 Å². The molecule has 106 valence electrons. The maximum absolute atomic E-state index is 12.9. The van der Waals surface area contributed by atoms with Gasteiger partial charge in [0.05, 0.1) is 5.92 Å². The van der Waals surface area contributed by atoms with Gasteiger partial charge in [0.1, 0.15) is 5.82 Å². The average Bonchev–Trinajstić information content (AvgIpc) is 2.80. The smallest absolute Gasteiger partial charge is 0.393 e. The van der Waals surface area contributed by atoms with Gasteiger partial charge in [0.25, 0.3) is 0 Å². The van der Waals surface area contributed by atoms with Crippen LogP contribution >= 0.6 is 0 Å². The van der Waals surface area contributed by atoms with Crippen molar-refractivity contribution < 1.29 is 13.2 Å². The van der Waals surface area contributed by atoms with Gasteiger partial charge >= 0.3 is 6.18 Å². The SMILES string of the molecule is Nc1cccc(-c2nnc3n2CC(C(F)(F)F)CC3)c1. The van der Waals surface area contributed by atoms with Crippen molar-refractivity contribution in [1.29, 1.82) is 0 Å². The van der Waals surface area contributed by atoms with Crippen molar-refractivity contribution in [3.63, 3.8) is 0 Å². The van der Waals surface area contributed by atoms with E-state index in [1.807, 2.05) is 0 Å². The summed E-state index contributed by atoms with van der Waals surface area (Å²) in [5.41, 5.74) is 6.93. The van der Waals surface area contributed by atoms with Crippen LogP contribution in [0.15, 0.2) is 24.3 Å². The highest BCUT2D eigenvalue weighted by atomic mass is 19.4. The molecule has 1 unspecified atom stereocenters. The van der Waals surface area contributed by atoms with E-state index < -0.39 is 12.1 Å². The molecule has 0 saturated heterocycles. The number of nitrogens with zero attached hydrogens (tertiary/aromatic N) is 3. The summed E-state index contributed by atoms with van der Waals surface area (Å²) in [4.78, 5) is 0. The third kappa shape index (κ3) is 2.23. The molecule has 1 atom stereocenters. The molecular weight excluding hydrogens is 269 g/mol. The maximum Gasteiger partial charge on any atom is 0.393 e. The molecule has 0 aliphatic carbocycles. The molecule has 1 aliphatic heterocycles. The van der Waals surface area contributed by atoms with Crippen molar-refractivity contribution in [2.24, 2.45) is 5.92 Å². The first-order valence-electron chi connectivity index (χ1n) is 6.30. The van der Waals surface area contributed by atoms with Crippen LogP contribution in [0.1, 0.15) is 12.2 Å². The monoisotopic (exact) mass is 282 g/mol. The van der Waals surface area contributed by atoms with Gasteiger partial charge in [-0.05, 0) is 18.6 Å². The van der Waals surface area contributed by atoms with Crippen molar-refractivity contribution >= 4 is 5.69 Å². The summed E-state index contributed by atoms with van der Waals surface area (Å²) in [5, 5.41) is 8.00. The number of benzene rings is 1. The first-order chi connectivity index (χ1) is 9.45. The fourth-order valence-electron chi connectivity index (χ4n) is 2.49. The summed E-state index contributed by atoms with van der Waals surface area (Å²) >= 11 is 0. The molecule has 20 heavy (non-hydrogen) atoms. The molecule has 0 bridgehead atoms. The van der Waals surface area contributed by atoms with Crippen LogP contribution in [-0.4, -0.2) is 20.9 Å². The van der Waals surface area contributed by atoms with E-state index in [2.05, 4.69) is 10.2 Å². The molecule has 0 saturated carbocycles. The highest BCUT2D eigenvalue weighted by molar-refractivity contribution is 5.61. The predicted octanol–water partition coefficient (Wildman–Crippen LogP) is 2.65. The Morgan fingerprint density at radius 1 is 1.25 bits per heavy atom. The van der Waals surface area contributed by atoms with Crippen molar-refractivity contribution in [3.8, 4) is 11.4 Å². The molecule has 0 radical (unpaired) electrons. The Bertz CT molecular complexity index is 633. The number of hydrogen-bond donors (Lipinski definition) is 1. The lowest BCUT2D eigenvalue weighted by Gasteiger charge is -2.26. The zero-order valence-electron chi connectivity index (χ0n) is 10.6. The number of nitrogen functional groups attached to an aromatic ring is 1. The number of anilines is 1. The Hall–Kier alpha value is -2.05. The molecule has 2 N–H and O–H groups in total. The van der Waals surface area contributed by atoms with Crippen LogP contribution in [0.2, 0.25) is 0 Å². The number of halogens is 3. The molecule has 1 aromatic carbocycles. The van der Waals surface area contributed by atoms with E-state index in [1.54, 1.807) is 28.8 Å². The highest BCUT2D eigenvalue weighted by Crippen LogP contribution is 2.35. The maximum atomic E-state index is 12.9. The van der Waals surface area contributed by atoms with Crippen LogP contribution in [0, 0.1) is 5.92 Å². The van der Waals surface area contributed by atoms with Crippen molar-refractivity contribution in [2.45, 2.75) is 25.6 Å². The Balaban J connectivity index is 1.99. The number of fused-ring (bicyclic) bond motifs is 1. The highest BCUT2D eigenvalue weighted by Gasteiger charge is 2.42. The third-order valence-electron chi connectivity index (χ3n) is 3.55. The van der Waals surface area contributed by atoms with E-state index in [9.17, 15) is 13.2 Å². The molecule has 4 nitrogen and oxygen atoms in total. The molecule has 1 aromatic heterocycles. The number of aryl methyl sites for hydroxylation is 1. The minimum Gasteiger partial charge on any atom is -0.399 e. The zero-order valence-corrected chi connectivity index (χ0v) is 10.6. The summed E-state index contributed by atoms with van der Waals surface area (Å²) in [6.45, 7) is -0.129. The minimum atomic E-state index is -4.19. The van der Waals surface area contributed by atoms with Gasteiger partial charge in [0.2, 0.25) is 0 Å². The van der Waals surface area contributed by atoms with E-state index in [4.69, 9.17) is 5.73 Å². The van der Waals surface area contributed by atoms with Crippen molar-refractivity contribution in [3.05, 3.63) is 30.1 Å². The van der Waals surface area contributed by atoms with Crippen molar-refractivity contribution in [1.82, 2.24) is 14.8 Å². The summed E-state index contributed by atoms with van der Waals surface area (Å²) in [5.74, 6) is -0.296.